The summed E-state index contributed by atoms with van der Waals surface area (Å²) < 4.78 is 6.47. The van der Waals surface area contributed by atoms with Crippen molar-refractivity contribution in [3.63, 3.8) is 0 Å². The number of anilines is 1. The summed E-state index contributed by atoms with van der Waals surface area (Å²) in [6.45, 7) is 11.9. The van der Waals surface area contributed by atoms with Gasteiger partial charge in [-0.25, -0.2) is 0 Å². The van der Waals surface area contributed by atoms with E-state index in [-0.39, 0.29) is 5.91 Å². The van der Waals surface area contributed by atoms with Crippen molar-refractivity contribution in [3.05, 3.63) is 63.4 Å². The number of amides is 1. The highest BCUT2D eigenvalue weighted by Crippen LogP contribution is 2.34. The summed E-state index contributed by atoms with van der Waals surface area (Å²) in [6.07, 6.45) is 3.34. The van der Waals surface area contributed by atoms with Gasteiger partial charge in [0, 0.05) is 5.69 Å². The number of carbonyl (C=O) groups excluding carboxylic acids is 1. The SMILES string of the molecule is C=CCOc1c(Br)c(C)nc(C)c1C(=O)Nc1c(CC)cccc1CC. The van der Waals surface area contributed by atoms with E-state index in [1.807, 2.05) is 32.0 Å². The molecule has 5 heteroatoms. The Morgan fingerprint density at radius 2 is 1.85 bits per heavy atom. The van der Waals surface area contributed by atoms with Crippen molar-refractivity contribution < 1.29 is 9.53 Å². The lowest BCUT2D eigenvalue weighted by atomic mass is 10.0. The minimum atomic E-state index is -0.217. The molecule has 0 aliphatic heterocycles. The third-order valence-corrected chi connectivity index (χ3v) is 5.19. The predicted octanol–water partition coefficient (Wildman–Crippen LogP) is 5.40. The molecule has 0 fully saturated rings. The van der Waals surface area contributed by atoms with Crippen LogP contribution < -0.4 is 10.1 Å². The van der Waals surface area contributed by atoms with E-state index in [4.69, 9.17) is 4.74 Å². The zero-order valence-electron chi connectivity index (χ0n) is 15.8. The molecule has 2 aromatic rings. The second-order valence-corrected chi connectivity index (χ2v) is 6.81. The first-order chi connectivity index (χ1) is 12.4. The van der Waals surface area contributed by atoms with Crippen LogP contribution in [0.1, 0.15) is 46.7 Å². The summed E-state index contributed by atoms with van der Waals surface area (Å²) in [5.41, 5.74) is 4.97. The Morgan fingerprint density at radius 3 is 2.38 bits per heavy atom. The van der Waals surface area contributed by atoms with Gasteiger partial charge >= 0.3 is 0 Å². The highest BCUT2D eigenvalue weighted by atomic mass is 79.9. The van der Waals surface area contributed by atoms with Crippen LogP contribution in [0, 0.1) is 13.8 Å². The van der Waals surface area contributed by atoms with Gasteiger partial charge in [0.2, 0.25) is 0 Å². The van der Waals surface area contributed by atoms with Crippen LogP contribution in [0.3, 0.4) is 0 Å². The van der Waals surface area contributed by atoms with E-state index in [1.54, 1.807) is 6.08 Å². The Hall–Kier alpha value is -2.14. The number of rotatable bonds is 7. The van der Waals surface area contributed by atoms with E-state index < -0.39 is 0 Å². The topological polar surface area (TPSA) is 51.2 Å². The zero-order valence-corrected chi connectivity index (χ0v) is 17.4. The summed E-state index contributed by atoms with van der Waals surface area (Å²) in [6, 6.07) is 6.11. The van der Waals surface area contributed by atoms with E-state index in [2.05, 4.69) is 46.7 Å². The van der Waals surface area contributed by atoms with Crippen molar-refractivity contribution in [1.29, 1.82) is 0 Å². The van der Waals surface area contributed by atoms with Gasteiger partial charge in [-0.05, 0) is 53.7 Å². The molecule has 0 saturated carbocycles. The lowest BCUT2D eigenvalue weighted by Gasteiger charge is -2.18. The molecule has 0 atom stereocenters. The van der Waals surface area contributed by atoms with Crippen LogP contribution in [0.2, 0.25) is 0 Å². The average Bonchev–Trinajstić information content (AvgIpc) is 2.63. The Bertz CT molecular complexity index is 809. The smallest absolute Gasteiger partial charge is 0.261 e. The van der Waals surface area contributed by atoms with Crippen LogP contribution >= 0.6 is 15.9 Å². The number of para-hydroxylation sites is 1. The number of aromatic nitrogens is 1. The number of nitrogens with zero attached hydrogens (tertiary/aromatic N) is 1. The molecule has 138 valence electrons. The first-order valence-corrected chi connectivity index (χ1v) is 9.56. The number of hydrogen-bond donors (Lipinski definition) is 1. The second-order valence-electron chi connectivity index (χ2n) is 6.01. The van der Waals surface area contributed by atoms with E-state index in [0.29, 0.717) is 28.1 Å². The first-order valence-electron chi connectivity index (χ1n) is 8.76. The average molecular weight is 417 g/mol. The van der Waals surface area contributed by atoms with Crippen LogP contribution in [0.25, 0.3) is 0 Å². The summed E-state index contributed by atoms with van der Waals surface area (Å²) in [5.74, 6) is 0.282. The minimum absolute atomic E-state index is 0.217. The van der Waals surface area contributed by atoms with Crippen LogP contribution in [-0.4, -0.2) is 17.5 Å². The molecular weight excluding hydrogens is 392 g/mol. The number of hydrogen-bond acceptors (Lipinski definition) is 3. The summed E-state index contributed by atoms with van der Waals surface area (Å²) in [5, 5.41) is 3.10. The fourth-order valence-corrected chi connectivity index (χ4v) is 3.32. The normalized spacial score (nSPS) is 10.5. The monoisotopic (exact) mass is 416 g/mol. The third kappa shape index (κ3) is 4.15. The number of halogens is 1. The molecule has 0 aliphatic rings. The maximum Gasteiger partial charge on any atom is 0.261 e. The van der Waals surface area contributed by atoms with Crippen LogP contribution in [0.15, 0.2) is 35.3 Å². The minimum Gasteiger partial charge on any atom is -0.487 e. The molecule has 1 amide bonds. The van der Waals surface area contributed by atoms with Crippen molar-refractivity contribution in [2.24, 2.45) is 0 Å². The van der Waals surface area contributed by atoms with E-state index in [0.717, 1.165) is 35.3 Å². The van der Waals surface area contributed by atoms with Crippen LogP contribution in [0.5, 0.6) is 5.75 Å². The van der Waals surface area contributed by atoms with Gasteiger partial charge in [0.1, 0.15) is 17.9 Å². The first kappa shape index (κ1) is 20.2. The predicted molar refractivity (Wildman–Crippen MR) is 110 cm³/mol. The van der Waals surface area contributed by atoms with E-state index >= 15 is 0 Å². The Morgan fingerprint density at radius 1 is 1.23 bits per heavy atom. The zero-order chi connectivity index (χ0) is 19.3. The van der Waals surface area contributed by atoms with Crippen molar-refractivity contribution in [2.45, 2.75) is 40.5 Å². The summed E-state index contributed by atoms with van der Waals surface area (Å²) >= 11 is 3.50. The van der Waals surface area contributed by atoms with Gasteiger partial charge in [0.05, 0.1) is 15.9 Å². The van der Waals surface area contributed by atoms with Gasteiger partial charge in [-0.3, -0.25) is 9.78 Å². The number of aryl methyl sites for hydroxylation is 4. The van der Waals surface area contributed by atoms with E-state index in [1.165, 1.54) is 0 Å². The number of benzene rings is 1. The second kappa shape index (κ2) is 8.99. The molecule has 0 bridgehead atoms. The lowest BCUT2D eigenvalue weighted by molar-refractivity contribution is 0.102. The highest BCUT2D eigenvalue weighted by molar-refractivity contribution is 9.10. The number of carbonyl (C=O) groups is 1. The molecule has 0 radical (unpaired) electrons. The van der Waals surface area contributed by atoms with Gasteiger partial charge in [0.25, 0.3) is 5.91 Å². The molecule has 1 aromatic carbocycles. The third-order valence-electron chi connectivity index (χ3n) is 4.25. The molecule has 1 aromatic heterocycles. The van der Waals surface area contributed by atoms with Gasteiger partial charge in [-0.15, -0.1) is 0 Å². The quantitative estimate of drug-likeness (QED) is 0.614. The molecule has 4 nitrogen and oxygen atoms in total. The summed E-state index contributed by atoms with van der Waals surface area (Å²) in [7, 11) is 0. The maximum absolute atomic E-state index is 13.1. The van der Waals surface area contributed by atoms with Gasteiger partial charge in [-0.1, -0.05) is 44.7 Å². The number of ether oxygens (including phenoxy) is 1. The van der Waals surface area contributed by atoms with Gasteiger partial charge < -0.3 is 10.1 Å². The lowest BCUT2D eigenvalue weighted by Crippen LogP contribution is -2.19. The summed E-state index contributed by atoms with van der Waals surface area (Å²) in [4.78, 5) is 17.6. The van der Waals surface area contributed by atoms with Gasteiger partial charge in [0.15, 0.2) is 0 Å². The largest absolute Gasteiger partial charge is 0.487 e. The fraction of sp³-hybridized carbons (Fsp3) is 0.333. The Kier molecular flexibility index (Phi) is 6.98. The van der Waals surface area contributed by atoms with E-state index in [9.17, 15) is 4.79 Å². The molecule has 1 N–H and O–H groups in total. The molecule has 0 saturated heterocycles. The molecule has 2 rings (SSSR count). The number of nitrogens with one attached hydrogen (secondary N) is 1. The fourth-order valence-electron chi connectivity index (χ4n) is 2.92. The molecule has 0 aliphatic carbocycles. The molecule has 0 unspecified atom stereocenters. The van der Waals surface area contributed by atoms with Crippen molar-refractivity contribution in [2.75, 3.05) is 11.9 Å². The molecule has 0 spiro atoms. The number of pyridine rings is 1. The molecular formula is C21H25BrN2O2. The van der Waals surface area contributed by atoms with Crippen molar-refractivity contribution >= 4 is 27.5 Å². The molecule has 26 heavy (non-hydrogen) atoms. The highest BCUT2D eigenvalue weighted by Gasteiger charge is 2.23. The Labute approximate surface area is 163 Å². The molecule has 1 heterocycles. The van der Waals surface area contributed by atoms with Crippen molar-refractivity contribution in [3.8, 4) is 5.75 Å². The standard InChI is InChI=1S/C21H25BrN2O2/c1-6-12-26-20-17(13(4)23-14(5)18(20)22)21(25)24-19-15(7-2)10-9-11-16(19)8-3/h6,9-11H,1,7-8,12H2,2-5H3,(H,24,25). The maximum atomic E-state index is 13.1. The van der Waals surface area contributed by atoms with Crippen LogP contribution in [-0.2, 0) is 12.8 Å². The Balaban J connectivity index is 2.51. The van der Waals surface area contributed by atoms with Crippen LogP contribution in [0.4, 0.5) is 5.69 Å². The van der Waals surface area contributed by atoms with Gasteiger partial charge in [-0.2, -0.15) is 0 Å². The van der Waals surface area contributed by atoms with Crippen molar-refractivity contribution in [1.82, 2.24) is 4.98 Å².